The molecule has 0 aliphatic heterocycles. The molecule has 0 fully saturated rings. The second-order valence-electron chi connectivity index (χ2n) is 4.23. The van der Waals surface area contributed by atoms with Crippen molar-refractivity contribution in [2.45, 2.75) is 46.0 Å². The molecule has 0 saturated heterocycles. The number of esters is 4. The van der Waals surface area contributed by atoms with Gasteiger partial charge in [-0.25, -0.2) is 0 Å². The van der Waals surface area contributed by atoms with Gasteiger partial charge < -0.3 is 18.9 Å². The first-order valence-electron chi connectivity index (χ1n) is 6.27. The monoisotopic (exact) mass is 318 g/mol. The molecule has 0 rings (SSSR count). The van der Waals surface area contributed by atoms with Crippen molar-refractivity contribution < 1.29 is 42.9 Å². The van der Waals surface area contributed by atoms with Crippen LogP contribution in [0.1, 0.15) is 27.7 Å². The Hall–Kier alpha value is -2.45. The predicted molar refractivity (Wildman–Crippen MR) is 69.4 cm³/mol. The van der Waals surface area contributed by atoms with E-state index >= 15 is 0 Å². The Morgan fingerprint density at radius 1 is 0.818 bits per heavy atom. The first-order valence-corrected chi connectivity index (χ1v) is 6.27. The number of carbonyl (C=O) groups excluding carboxylic acids is 5. The second-order valence-corrected chi connectivity index (χ2v) is 4.23. The molecule has 9 nitrogen and oxygen atoms in total. The van der Waals surface area contributed by atoms with Gasteiger partial charge in [-0.1, -0.05) is 0 Å². The van der Waals surface area contributed by atoms with Gasteiger partial charge >= 0.3 is 23.9 Å². The summed E-state index contributed by atoms with van der Waals surface area (Å²) in [6.45, 7) is 3.83. The van der Waals surface area contributed by atoms with Crippen molar-refractivity contribution in [3.63, 3.8) is 0 Å². The van der Waals surface area contributed by atoms with Crippen LogP contribution in [0, 0.1) is 0 Å². The number of hydrogen-bond acceptors (Lipinski definition) is 9. The zero-order chi connectivity index (χ0) is 17.3. The third kappa shape index (κ3) is 7.98. The molecule has 22 heavy (non-hydrogen) atoms. The maximum Gasteiger partial charge on any atom is 0.303 e. The second kappa shape index (κ2) is 9.48. The lowest BCUT2D eigenvalue weighted by atomic mass is 10.1. The molecular formula is C13H18O9. The summed E-state index contributed by atoms with van der Waals surface area (Å²) >= 11 is 0. The van der Waals surface area contributed by atoms with Crippen LogP contribution in [0.2, 0.25) is 0 Å². The van der Waals surface area contributed by atoms with Crippen LogP contribution < -0.4 is 0 Å². The van der Waals surface area contributed by atoms with Crippen LogP contribution >= 0.6 is 0 Å². The highest BCUT2D eigenvalue weighted by Crippen LogP contribution is 2.13. The third-order valence-electron chi connectivity index (χ3n) is 2.20. The fourth-order valence-corrected chi connectivity index (χ4v) is 1.52. The Balaban J connectivity index is 5.35. The molecule has 0 aliphatic rings. The van der Waals surface area contributed by atoms with E-state index in [-0.39, 0.29) is 6.29 Å². The summed E-state index contributed by atoms with van der Waals surface area (Å²) < 4.78 is 19.2. The SMILES string of the molecule is CC(=O)OC[C@@H](OC(C)=O)[C@H](OC(C)=O)[C@@H](C=O)OC(C)=O. The summed E-state index contributed by atoms with van der Waals surface area (Å²) in [6, 6.07) is 0. The van der Waals surface area contributed by atoms with Gasteiger partial charge in [0.15, 0.2) is 24.6 Å². The Kier molecular flexibility index (Phi) is 8.42. The summed E-state index contributed by atoms with van der Waals surface area (Å²) in [5, 5.41) is 0. The van der Waals surface area contributed by atoms with Crippen molar-refractivity contribution in [3.05, 3.63) is 0 Å². The van der Waals surface area contributed by atoms with Crippen molar-refractivity contribution >= 4 is 30.2 Å². The van der Waals surface area contributed by atoms with E-state index in [0.717, 1.165) is 27.7 Å². The van der Waals surface area contributed by atoms with E-state index in [4.69, 9.17) is 18.9 Å². The van der Waals surface area contributed by atoms with E-state index in [2.05, 4.69) is 0 Å². The molecule has 0 N–H and O–H groups in total. The van der Waals surface area contributed by atoms with E-state index in [1.165, 1.54) is 0 Å². The zero-order valence-electron chi connectivity index (χ0n) is 12.7. The fourth-order valence-electron chi connectivity index (χ4n) is 1.52. The van der Waals surface area contributed by atoms with Crippen molar-refractivity contribution in [3.8, 4) is 0 Å². The Labute approximate surface area is 126 Å². The molecule has 0 aromatic heterocycles. The third-order valence-corrected chi connectivity index (χ3v) is 2.20. The van der Waals surface area contributed by atoms with Crippen molar-refractivity contribution in [2.75, 3.05) is 6.61 Å². The molecule has 124 valence electrons. The molecule has 0 saturated carbocycles. The predicted octanol–water partition coefficient (Wildman–Crippen LogP) is -0.456. The first kappa shape index (κ1) is 19.6. The molecule has 0 spiro atoms. The molecule has 0 bridgehead atoms. The highest BCUT2D eigenvalue weighted by atomic mass is 16.6. The smallest absolute Gasteiger partial charge is 0.303 e. The molecule has 0 amide bonds. The molecule has 0 aromatic rings. The fraction of sp³-hybridized carbons (Fsp3) is 0.615. The van der Waals surface area contributed by atoms with Crippen LogP contribution in [0.15, 0.2) is 0 Å². The van der Waals surface area contributed by atoms with Gasteiger partial charge in [0, 0.05) is 27.7 Å². The Bertz CT molecular complexity index is 443. The quantitative estimate of drug-likeness (QED) is 0.332. The van der Waals surface area contributed by atoms with Crippen LogP contribution in [0.25, 0.3) is 0 Å². The van der Waals surface area contributed by atoms with Gasteiger partial charge in [-0.15, -0.1) is 0 Å². The van der Waals surface area contributed by atoms with Crippen molar-refractivity contribution in [2.24, 2.45) is 0 Å². The summed E-state index contributed by atoms with van der Waals surface area (Å²) in [4.78, 5) is 55.2. The zero-order valence-corrected chi connectivity index (χ0v) is 12.7. The van der Waals surface area contributed by atoms with Crippen LogP contribution in [0.4, 0.5) is 0 Å². The first-order chi connectivity index (χ1) is 10.2. The number of rotatable bonds is 8. The minimum atomic E-state index is -1.51. The molecule has 0 radical (unpaired) electrons. The lowest BCUT2D eigenvalue weighted by Gasteiger charge is -2.28. The van der Waals surface area contributed by atoms with E-state index < -0.39 is 48.8 Å². The number of aldehydes is 1. The van der Waals surface area contributed by atoms with E-state index in [0.29, 0.717) is 0 Å². The number of carbonyl (C=O) groups is 5. The topological polar surface area (TPSA) is 122 Å². The molecule has 0 unspecified atom stereocenters. The van der Waals surface area contributed by atoms with Gasteiger partial charge in [0.25, 0.3) is 0 Å². The summed E-state index contributed by atoms with van der Waals surface area (Å²) in [7, 11) is 0. The van der Waals surface area contributed by atoms with Gasteiger partial charge in [-0.2, -0.15) is 0 Å². The standard InChI is InChI=1S/C13H18O9/c1-7(15)19-6-12(21-9(3)17)13(22-10(4)18)11(5-14)20-8(2)16/h5,11-13H,6H2,1-4H3/t11-,12-,13-/m1/s1. The average molecular weight is 318 g/mol. The summed E-state index contributed by atoms with van der Waals surface area (Å²) in [5.41, 5.74) is 0. The molecular weight excluding hydrogens is 300 g/mol. The summed E-state index contributed by atoms with van der Waals surface area (Å²) in [5.74, 6) is -3.04. The van der Waals surface area contributed by atoms with Crippen LogP contribution in [0.5, 0.6) is 0 Å². The van der Waals surface area contributed by atoms with E-state index in [1.807, 2.05) is 0 Å². The Morgan fingerprint density at radius 3 is 1.68 bits per heavy atom. The van der Waals surface area contributed by atoms with Gasteiger partial charge in [-0.3, -0.25) is 24.0 Å². The number of hydrogen-bond donors (Lipinski definition) is 0. The lowest BCUT2D eigenvalue weighted by molar-refractivity contribution is -0.188. The van der Waals surface area contributed by atoms with Gasteiger partial charge in [0.05, 0.1) is 0 Å². The largest absolute Gasteiger partial charge is 0.462 e. The summed E-state index contributed by atoms with van der Waals surface area (Å²) in [6.07, 6.45) is -4.04. The van der Waals surface area contributed by atoms with Crippen LogP contribution in [-0.4, -0.2) is 55.1 Å². The van der Waals surface area contributed by atoms with Crippen molar-refractivity contribution in [1.29, 1.82) is 0 Å². The maximum absolute atomic E-state index is 11.2. The molecule has 0 aromatic carbocycles. The van der Waals surface area contributed by atoms with Gasteiger partial charge in [0.2, 0.25) is 0 Å². The van der Waals surface area contributed by atoms with Gasteiger partial charge in [-0.05, 0) is 0 Å². The van der Waals surface area contributed by atoms with Crippen LogP contribution in [0.3, 0.4) is 0 Å². The number of ether oxygens (including phenoxy) is 4. The molecule has 0 heterocycles. The molecule has 0 aliphatic carbocycles. The highest BCUT2D eigenvalue weighted by molar-refractivity contribution is 5.72. The lowest BCUT2D eigenvalue weighted by Crippen LogP contribution is -2.48. The van der Waals surface area contributed by atoms with E-state index in [1.54, 1.807) is 0 Å². The normalized spacial score (nSPS) is 14.0. The maximum atomic E-state index is 11.2. The van der Waals surface area contributed by atoms with Crippen LogP contribution in [-0.2, 0) is 42.9 Å². The van der Waals surface area contributed by atoms with E-state index in [9.17, 15) is 24.0 Å². The van der Waals surface area contributed by atoms with Crippen molar-refractivity contribution in [1.82, 2.24) is 0 Å². The van der Waals surface area contributed by atoms with Gasteiger partial charge in [0.1, 0.15) is 6.61 Å². The Morgan fingerprint density at radius 2 is 1.32 bits per heavy atom. The highest BCUT2D eigenvalue weighted by Gasteiger charge is 2.37. The molecule has 3 atom stereocenters. The average Bonchev–Trinajstić information content (AvgIpc) is 2.37. The molecule has 9 heteroatoms. The minimum Gasteiger partial charge on any atom is -0.462 e. The minimum absolute atomic E-state index is 0.221.